The maximum atomic E-state index is 8.98. The number of hydrogen-bond donors (Lipinski definition) is 0. The van der Waals surface area contributed by atoms with Gasteiger partial charge >= 0.3 is 0 Å². The summed E-state index contributed by atoms with van der Waals surface area (Å²) >= 11 is 3.50. The summed E-state index contributed by atoms with van der Waals surface area (Å²) in [6, 6.07) is 3.93. The van der Waals surface area contributed by atoms with Crippen LogP contribution in [0.4, 0.5) is 0 Å². The summed E-state index contributed by atoms with van der Waals surface area (Å²) in [5.41, 5.74) is 3.31. The zero-order chi connectivity index (χ0) is 13.1. The minimum atomic E-state index is 0.559. The van der Waals surface area contributed by atoms with Crippen LogP contribution in [0.1, 0.15) is 22.5 Å². The summed E-state index contributed by atoms with van der Waals surface area (Å²) in [4.78, 5) is 3.93. The second kappa shape index (κ2) is 5.15. The minimum Gasteiger partial charge on any atom is -0.267 e. The summed E-state index contributed by atoms with van der Waals surface area (Å²) in [6.07, 6.45) is 7.05. The molecule has 2 rings (SSSR count). The van der Waals surface area contributed by atoms with Crippen molar-refractivity contribution in [1.29, 1.82) is 5.26 Å². The van der Waals surface area contributed by atoms with E-state index >= 15 is 0 Å². The van der Waals surface area contributed by atoms with Gasteiger partial charge in [-0.05, 0) is 40.6 Å². The van der Waals surface area contributed by atoms with Crippen molar-refractivity contribution < 1.29 is 0 Å². The van der Waals surface area contributed by atoms with E-state index in [1.165, 1.54) is 0 Å². The molecule has 2 aromatic rings. The zero-order valence-electron chi connectivity index (χ0n) is 10.1. The maximum Gasteiger partial charge on any atom is 0.101 e. The Labute approximate surface area is 114 Å². The molecule has 0 saturated heterocycles. The fourth-order valence-electron chi connectivity index (χ4n) is 1.64. The highest BCUT2D eigenvalue weighted by Gasteiger charge is 2.07. The van der Waals surface area contributed by atoms with Gasteiger partial charge in [-0.2, -0.15) is 10.4 Å². The number of halogens is 1. The van der Waals surface area contributed by atoms with E-state index in [1.807, 2.05) is 32.2 Å². The van der Waals surface area contributed by atoms with Crippen LogP contribution in [0.25, 0.3) is 12.2 Å². The monoisotopic (exact) mass is 302 g/mol. The Morgan fingerprint density at radius 2 is 2.22 bits per heavy atom. The third kappa shape index (κ3) is 2.34. The van der Waals surface area contributed by atoms with Crippen LogP contribution in [-0.2, 0) is 7.05 Å². The summed E-state index contributed by atoms with van der Waals surface area (Å²) in [6.45, 7) is 1.94. The van der Waals surface area contributed by atoms with Gasteiger partial charge in [-0.1, -0.05) is 6.08 Å². The van der Waals surface area contributed by atoms with Gasteiger partial charge in [0.05, 0.1) is 21.4 Å². The lowest BCUT2D eigenvalue weighted by atomic mass is 10.1. The molecule has 0 radical (unpaired) electrons. The summed E-state index contributed by atoms with van der Waals surface area (Å²) in [5.74, 6) is 0. The van der Waals surface area contributed by atoms with Crippen molar-refractivity contribution in [2.24, 2.45) is 7.05 Å². The number of nitrogens with zero attached hydrogens (tertiary/aromatic N) is 4. The number of pyridine rings is 1. The largest absolute Gasteiger partial charge is 0.267 e. The van der Waals surface area contributed by atoms with E-state index < -0.39 is 0 Å². The highest BCUT2D eigenvalue weighted by Crippen LogP contribution is 2.22. The first-order valence-electron chi connectivity index (χ1n) is 5.34. The van der Waals surface area contributed by atoms with Crippen molar-refractivity contribution in [3.05, 3.63) is 45.4 Å². The van der Waals surface area contributed by atoms with Crippen LogP contribution in [0, 0.1) is 18.3 Å². The molecule has 2 aromatic heterocycles. The number of rotatable bonds is 2. The number of nitriles is 1. The van der Waals surface area contributed by atoms with Gasteiger partial charge in [0, 0.05) is 19.4 Å². The third-order valence-corrected chi connectivity index (χ3v) is 3.57. The average Bonchev–Trinajstić information content (AvgIpc) is 2.62. The molecule has 0 spiro atoms. The second-order valence-electron chi connectivity index (χ2n) is 3.82. The Bertz CT molecular complexity index is 649. The average molecular weight is 303 g/mol. The van der Waals surface area contributed by atoms with Crippen LogP contribution >= 0.6 is 15.9 Å². The molecule has 0 amide bonds. The highest BCUT2D eigenvalue weighted by atomic mass is 79.9. The van der Waals surface area contributed by atoms with Crippen molar-refractivity contribution >= 4 is 28.1 Å². The SMILES string of the molecule is Cc1nn(C)c(/C=C/c2ccncc2C#N)c1Br. The Hall–Kier alpha value is -1.93. The number of aromatic nitrogens is 3. The fourth-order valence-corrected chi connectivity index (χ4v) is 2.11. The molecule has 0 N–H and O–H groups in total. The normalized spacial score (nSPS) is 10.8. The predicted octanol–water partition coefficient (Wildman–Crippen LogP) is 2.93. The van der Waals surface area contributed by atoms with E-state index in [-0.39, 0.29) is 0 Å². The Morgan fingerprint density at radius 1 is 1.44 bits per heavy atom. The van der Waals surface area contributed by atoms with Crippen LogP contribution < -0.4 is 0 Å². The maximum absolute atomic E-state index is 8.98. The van der Waals surface area contributed by atoms with E-state index in [2.05, 4.69) is 32.1 Å². The molecule has 0 aliphatic carbocycles. The van der Waals surface area contributed by atoms with Gasteiger partial charge < -0.3 is 0 Å². The van der Waals surface area contributed by atoms with Crippen LogP contribution in [0.2, 0.25) is 0 Å². The lowest BCUT2D eigenvalue weighted by Gasteiger charge is -1.97. The topological polar surface area (TPSA) is 54.5 Å². The van der Waals surface area contributed by atoms with Gasteiger partial charge in [0.25, 0.3) is 0 Å². The molecule has 4 nitrogen and oxygen atoms in total. The molecule has 0 saturated carbocycles. The van der Waals surface area contributed by atoms with Gasteiger partial charge in [-0.15, -0.1) is 0 Å². The first-order chi connectivity index (χ1) is 8.63. The lowest BCUT2D eigenvalue weighted by Crippen LogP contribution is -1.93. The van der Waals surface area contributed by atoms with Crippen molar-refractivity contribution in [3.63, 3.8) is 0 Å². The molecule has 0 atom stereocenters. The summed E-state index contributed by atoms with van der Waals surface area (Å²) in [5, 5.41) is 13.3. The summed E-state index contributed by atoms with van der Waals surface area (Å²) < 4.78 is 2.76. The molecule has 0 bridgehead atoms. The second-order valence-corrected chi connectivity index (χ2v) is 4.61. The Kier molecular flexibility index (Phi) is 3.58. The van der Waals surface area contributed by atoms with Crippen LogP contribution in [0.3, 0.4) is 0 Å². The molecule has 18 heavy (non-hydrogen) atoms. The molecule has 0 aliphatic rings. The van der Waals surface area contributed by atoms with Crippen molar-refractivity contribution in [2.45, 2.75) is 6.92 Å². The van der Waals surface area contributed by atoms with Crippen LogP contribution in [0.5, 0.6) is 0 Å². The Morgan fingerprint density at radius 3 is 2.83 bits per heavy atom. The molecular weight excluding hydrogens is 292 g/mol. The van der Waals surface area contributed by atoms with Gasteiger partial charge in [0.15, 0.2) is 0 Å². The van der Waals surface area contributed by atoms with E-state index in [9.17, 15) is 0 Å². The molecule has 0 aromatic carbocycles. The highest BCUT2D eigenvalue weighted by molar-refractivity contribution is 9.10. The molecular formula is C13H11BrN4. The first-order valence-corrected chi connectivity index (χ1v) is 6.14. The van der Waals surface area contributed by atoms with Crippen LogP contribution in [0.15, 0.2) is 22.9 Å². The Balaban J connectivity index is 2.40. The zero-order valence-corrected chi connectivity index (χ0v) is 11.6. The molecule has 0 fully saturated rings. The van der Waals surface area contributed by atoms with Gasteiger partial charge in [-0.25, -0.2) is 0 Å². The van der Waals surface area contributed by atoms with Gasteiger partial charge in [0.2, 0.25) is 0 Å². The van der Waals surface area contributed by atoms with Gasteiger partial charge in [0.1, 0.15) is 6.07 Å². The smallest absolute Gasteiger partial charge is 0.101 e. The quantitative estimate of drug-likeness (QED) is 0.857. The number of hydrogen-bond acceptors (Lipinski definition) is 3. The molecule has 90 valence electrons. The van der Waals surface area contributed by atoms with Crippen molar-refractivity contribution in [3.8, 4) is 6.07 Å². The van der Waals surface area contributed by atoms with Crippen molar-refractivity contribution in [2.75, 3.05) is 0 Å². The van der Waals surface area contributed by atoms with Crippen LogP contribution in [-0.4, -0.2) is 14.8 Å². The molecule has 5 heteroatoms. The lowest BCUT2D eigenvalue weighted by molar-refractivity contribution is 0.749. The standard InChI is InChI=1S/C13H11BrN4/c1-9-13(14)12(18(2)17-9)4-3-10-5-6-16-8-11(10)7-15/h3-6,8H,1-2H3/b4-3+. The molecule has 0 aliphatic heterocycles. The van der Waals surface area contributed by atoms with Crippen molar-refractivity contribution in [1.82, 2.24) is 14.8 Å². The summed E-state index contributed by atoms with van der Waals surface area (Å²) in [7, 11) is 1.88. The van der Waals surface area contributed by atoms with E-state index in [0.717, 1.165) is 21.4 Å². The predicted molar refractivity (Wildman–Crippen MR) is 73.5 cm³/mol. The third-order valence-electron chi connectivity index (χ3n) is 2.59. The molecule has 0 unspecified atom stereocenters. The number of aryl methyl sites for hydroxylation is 2. The van der Waals surface area contributed by atoms with E-state index in [1.54, 1.807) is 17.1 Å². The van der Waals surface area contributed by atoms with Gasteiger partial charge in [-0.3, -0.25) is 9.67 Å². The van der Waals surface area contributed by atoms with E-state index in [4.69, 9.17) is 5.26 Å². The first kappa shape index (κ1) is 12.5. The minimum absolute atomic E-state index is 0.559. The van der Waals surface area contributed by atoms with E-state index in [0.29, 0.717) is 5.56 Å². The molecule has 2 heterocycles. The fraction of sp³-hybridized carbons (Fsp3) is 0.154.